The number of carbonyl (C=O) groups excluding carboxylic acids is 2. The third-order valence-electron chi connectivity index (χ3n) is 4.86. The fourth-order valence-electron chi connectivity index (χ4n) is 3.23. The number of halogens is 1. The van der Waals surface area contributed by atoms with Gasteiger partial charge in [0.1, 0.15) is 17.6 Å². The van der Waals surface area contributed by atoms with Crippen LogP contribution in [0.2, 0.25) is 0 Å². The summed E-state index contributed by atoms with van der Waals surface area (Å²) in [5.74, 6) is -0.165. The summed E-state index contributed by atoms with van der Waals surface area (Å²) < 4.78 is 19.0. The number of rotatable bonds is 7. The molecule has 0 spiro atoms. The van der Waals surface area contributed by atoms with Gasteiger partial charge in [0.2, 0.25) is 5.91 Å². The van der Waals surface area contributed by atoms with Crippen LogP contribution in [-0.2, 0) is 16.0 Å². The maximum absolute atomic E-state index is 13.9. The van der Waals surface area contributed by atoms with Crippen LogP contribution in [0.25, 0.3) is 0 Å². The van der Waals surface area contributed by atoms with Gasteiger partial charge in [0.15, 0.2) is 5.11 Å². The second-order valence-corrected chi connectivity index (χ2v) is 7.08. The number of carbonyl (C=O) groups is 2. The highest BCUT2D eigenvalue weighted by Gasteiger charge is 2.41. The van der Waals surface area contributed by atoms with E-state index >= 15 is 0 Å². The Morgan fingerprint density at radius 3 is 2.55 bits per heavy atom. The van der Waals surface area contributed by atoms with Crippen LogP contribution in [0.5, 0.6) is 5.75 Å². The average Bonchev–Trinajstić information content (AvgIpc) is 2.91. The van der Waals surface area contributed by atoms with E-state index in [-0.39, 0.29) is 24.1 Å². The van der Waals surface area contributed by atoms with Crippen LogP contribution in [-0.4, -0.2) is 53.5 Å². The van der Waals surface area contributed by atoms with E-state index in [1.54, 1.807) is 61.5 Å². The first-order chi connectivity index (χ1) is 13.9. The van der Waals surface area contributed by atoms with Crippen molar-refractivity contribution in [3.63, 3.8) is 0 Å². The number of ether oxygens (including phenoxy) is 1. The second kappa shape index (κ2) is 9.00. The Labute approximate surface area is 174 Å². The maximum Gasteiger partial charge on any atom is 0.251 e. The molecule has 0 unspecified atom stereocenters. The van der Waals surface area contributed by atoms with Crippen molar-refractivity contribution < 1.29 is 18.7 Å². The van der Waals surface area contributed by atoms with Gasteiger partial charge in [-0.15, -0.1) is 0 Å². The Kier molecular flexibility index (Phi) is 6.43. The van der Waals surface area contributed by atoms with Crippen molar-refractivity contribution >= 4 is 34.8 Å². The first-order valence-electron chi connectivity index (χ1n) is 9.16. The summed E-state index contributed by atoms with van der Waals surface area (Å²) in [6.07, 6.45) is 0.331. The molecule has 1 N–H and O–H groups in total. The van der Waals surface area contributed by atoms with E-state index < -0.39 is 6.04 Å². The summed E-state index contributed by atoms with van der Waals surface area (Å²) >= 11 is 5.37. The number of methoxy groups -OCH3 is 1. The molecule has 2 amide bonds. The number of anilines is 1. The van der Waals surface area contributed by atoms with Gasteiger partial charge < -0.3 is 15.0 Å². The van der Waals surface area contributed by atoms with E-state index in [1.807, 2.05) is 0 Å². The van der Waals surface area contributed by atoms with Crippen LogP contribution < -0.4 is 10.1 Å². The Balaban J connectivity index is 1.67. The Morgan fingerprint density at radius 1 is 1.21 bits per heavy atom. The highest BCUT2D eigenvalue weighted by molar-refractivity contribution is 7.80. The molecule has 1 fully saturated rings. The van der Waals surface area contributed by atoms with Crippen LogP contribution in [0.3, 0.4) is 0 Å². The third-order valence-corrected chi connectivity index (χ3v) is 5.37. The number of hydrogen-bond donors (Lipinski definition) is 1. The molecule has 0 radical (unpaired) electrons. The minimum atomic E-state index is -0.711. The van der Waals surface area contributed by atoms with Crippen molar-refractivity contribution in [2.45, 2.75) is 18.9 Å². The Bertz CT molecular complexity index is 920. The van der Waals surface area contributed by atoms with Crippen LogP contribution in [0.15, 0.2) is 48.5 Å². The van der Waals surface area contributed by atoms with Gasteiger partial charge in [0.25, 0.3) is 5.91 Å². The summed E-state index contributed by atoms with van der Waals surface area (Å²) in [6.45, 7) is 0.344. The topological polar surface area (TPSA) is 61.9 Å². The van der Waals surface area contributed by atoms with Crippen LogP contribution >= 0.6 is 12.2 Å². The predicted octanol–water partition coefficient (Wildman–Crippen LogP) is 2.83. The molecule has 8 heteroatoms. The van der Waals surface area contributed by atoms with Gasteiger partial charge >= 0.3 is 0 Å². The van der Waals surface area contributed by atoms with Gasteiger partial charge in [0, 0.05) is 19.3 Å². The van der Waals surface area contributed by atoms with Gasteiger partial charge in [-0.3, -0.25) is 14.5 Å². The zero-order chi connectivity index (χ0) is 21.0. The number of nitrogens with one attached hydrogen (secondary N) is 1. The SMILES string of the molecule is COc1ccc(NC(=O)C[C@@H]2C(=O)N(C)C(=S)N2CCc2ccccc2F)cc1. The molecule has 1 atom stereocenters. The molecule has 1 aliphatic heterocycles. The first-order valence-corrected chi connectivity index (χ1v) is 9.57. The van der Waals surface area contributed by atoms with Crippen LogP contribution in [0.4, 0.5) is 10.1 Å². The molecular formula is C21H22FN3O3S. The van der Waals surface area contributed by atoms with E-state index in [0.29, 0.717) is 35.1 Å². The molecule has 2 aromatic rings. The van der Waals surface area contributed by atoms with E-state index in [4.69, 9.17) is 17.0 Å². The summed E-state index contributed by atoms with van der Waals surface area (Å²) in [4.78, 5) is 28.2. The van der Waals surface area contributed by atoms with Gasteiger partial charge in [-0.25, -0.2) is 4.39 Å². The van der Waals surface area contributed by atoms with Gasteiger partial charge in [-0.1, -0.05) is 18.2 Å². The van der Waals surface area contributed by atoms with Crippen molar-refractivity contribution in [1.29, 1.82) is 0 Å². The zero-order valence-corrected chi connectivity index (χ0v) is 17.0. The summed E-state index contributed by atoms with van der Waals surface area (Å²) in [6, 6.07) is 12.7. The number of nitrogens with zero attached hydrogens (tertiary/aromatic N) is 2. The number of amides is 2. The number of likely N-dealkylation sites (N-methyl/N-ethyl adjacent to an activating group) is 1. The van der Waals surface area contributed by atoms with Crippen LogP contribution in [0.1, 0.15) is 12.0 Å². The van der Waals surface area contributed by atoms with E-state index in [9.17, 15) is 14.0 Å². The molecule has 152 valence electrons. The van der Waals surface area contributed by atoms with Crippen molar-refractivity contribution in [1.82, 2.24) is 9.80 Å². The second-order valence-electron chi connectivity index (χ2n) is 6.71. The largest absolute Gasteiger partial charge is 0.497 e. The van der Waals surface area contributed by atoms with Crippen LogP contribution in [0, 0.1) is 5.82 Å². The Morgan fingerprint density at radius 2 is 1.90 bits per heavy atom. The molecule has 6 nitrogen and oxygen atoms in total. The first kappa shape index (κ1) is 20.7. The molecule has 1 saturated heterocycles. The lowest BCUT2D eigenvalue weighted by molar-refractivity contribution is -0.130. The molecule has 2 aromatic carbocycles. The standard InChI is InChI=1S/C21H22FN3O3S/c1-24-20(27)18(13-19(26)23-15-7-9-16(28-2)10-8-15)25(21(24)29)12-11-14-5-3-4-6-17(14)22/h3-10,18H,11-13H2,1-2H3,(H,23,26)/t18-/m1/s1. The van der Waals surface area contributed by atoms with Crippen molar-refractivity contribution in [3.05, 3.63) is 59.9 Å². The minimum Gasteiger partial charge on any atom is -0.497 e. The monoisotopic (exact) mass is 415 g/mol. The summed E-state index contributed by atoms with van der Waals surface area (Å²) in [7, 11) is 3.15. The average molecular weight is 415 g/mol. The number of thiocarbonyl (C=S) groups is 1. The fraction of sp³-hybridized carbons (Fsp3) is 0.286. The summed E-state index contributed by atoms with van der Waals surface area (Å²) in [5.41, 5.74) is 1.15. The normalized spacial score (nSPS) is 16.3. The quantitative estimate of drug-likeness (QED) is 0.705. The maximum atomic E-state index is 13.9. The molecule has 0 bridgehead atoms. The van der Waals surface area contributed by atoms with Gasteiger partial charge in [0.05, 0.1) is 13.5 Å². The molecule has 0 aliphatic carbocycles. The zero-order valence-electron chi connectivity index (χ0n) is 16.2. The minimum absolute atomic E-state index is 0.0490. The van der Waals surface area contributed by atoms with Crippen molar-refractivity contribution in [2.75, 3.05) is 26.0 Å². The van der Waals surface area contributed by atoms with Crippen molar-refractivity contribution in [2.24, 2.45) is 0 Å². The molecule has 0 aromatic heterocycles. The smallest absolute Gasteiger partial charge is 0.251 e. The van der Waals surface area contributed by atoms with Crippen molar-refractivity contribution in [3.8, 4) is 5.75 Å². The number of benzene rings is 2. The highest BCUT2D eigenvalue weighted by Crippen LogP contribution is 2.22. The van der Waals surface area contributed by atoms with Gasteiger partial charge in [-0.05, 0) is 54.5 Å². The highest BCUT2D eigenvalue weighted by atomic mass is 32.1. The fourth-order valence-corrected chi connectivity index (χ4v) is 3.54. The van der Waals surface area contributed by atoms with E-state index in [1.165, 1.54) is 11.0 Å². The molecular weight excluding hydrogens is 393 g/mol. The number of hydrogen-bond acceptors (Lipinski definition) is 4. The van der Waals surface area contributed by atoms with Gasteiger partial charge in [-0.2, -0.15) is 0 Å². The lowest BCUT2D eigenvalue weighted by Gasteiger charge is -2.23. The summed E-state index contributed by atoms with van der Waals surface area (Å²) in [5, 5.41) is 3.12. The van der Waals surface area contributed by atoms with E-state index in [2.05, 4.69) is 5.32 Å². The molecule has 3 rings (SSSR count). The predicted molar refractivity (Wildman–Crippen MR) is 112 cm³/mol. The lowest BCUT2D eigenvalue weighted by Crippen LogP contribution is -2.39. The van der Waals surface area contributed by atoms with E-state index in [0.717, 1.165) is 0 Å². The molecule has 29 heavy (non-hydrogen) atoms. The third kappa shape index (κ3) is 4.71. The molecule has 1 aliphatic rings. The molecule has 1 heterocycles. The molecule has 0 saturated carbocycles. The Hall–Kier alpha value is -3.00. The lowest BCUT2D eigenvalue weighted by atomic mass is 10.1.